The van der Waals surface area contributed by atoms with Crippen molar-refractivity contribution in [1.29, 1.82) is 0 Å². The van der Waals surface area contributed by atoms with Gasteiger partial charge in [-0.2, -0.15) is 4.98 Å². The third kappa shape index (κ3) is 2.26. The highest BCUT2D eigenvalue weighted by molar-refractivity contribution is 7.16. The van der Waals surface area contributed by atoms with Gasteiger partial charge in [0, 0.05) is 19.6 Å². The second-order valence-corrected chi connectivity index (χ2v) is 6.93. The Balaban J connectivity index is 1.73. The zero-order valence-electron chi connectivity index (χ0n) is 11.6. The lowest BCUT2D eigenvalue weighted by Crippen LogP contribution is -2.46. The first-order valence-electron chi connectivity index (χ1n) is 7.13. The van der Waals surface area contributed by atoms with Gasteiger partial charge in [0.25, 0.3) is 0 Å². The topological polar surface area (TPSA) is 82.5 Å². The number of aromatic nitrogens is 3. The number of carboxylic acid groups (broad SMARTS) is 1. The van der Waals surface area contributed by atoms with E-state index in [0.717, 1.165) is 35.6 Å². The first-order chi connectivity index (χ1) is 10.6. The number of hydrogen-bond donors (Lipinski definition) is 1. The molecule has 1 N–H and O–H groups in total. The van der Waals surface area contributed by atoms with Gasteiger partial charge in [-0.05, 0) is 30.4 Å². The predicted molar refractivity (Wildman–Crippen MR) is 83.7 cm³/mol. The van der Waals surface area contributed by atoms with Gasteiger partial charge in [0.15, 0.2) is 10.6 Å². The van der Waals surface area contributed by atoms with E-state index in [1.54, 1.807) is 10.4 Å². The van der Waals surface area contributed by atoms with Gasteiger partial charge in [-0.25, -0.2) is 14.8 Å². The quantitative estimate of drug-likeness (QED) is 0.803. The van der Waals surface area contributed by atoms with Gasteiger partial charge in [0.05, 0.1) is 11.6 Å². The van der Waals surface area contributed by atoms with Gasteiger partial charge < -0.3 is 14.9 Å². The summed E-state index contributed by atoms with van der Waals surface area (Å²) in [6, 6.07) is -0.00123. The van der Waals surface area contributed by atoms with Crippen LogP contribution in [0.2, 0.25) is 5.28 Å². The highest BCUT2D eigenvalue weighted by Gasteiger charge is 2.38. The highest BCUT2D eigenvalue weighted by atomic mass is 35.5. The summed E-state index contributed by atoms with van der Waals surface area (Å²) in [6.45, 7) is 2.00. The third-order valence-corrected chi connectivity index (χ3v) is 5.30. The smallest absolute Gasteiger partial charge is 0.407 e. The minimum absolute atomic E-state index is 0.00123. The lowest BCUT2D eigenvalue weighted by Gasteiger charge is -2.33. The largest absolute Gasteiger partial charge is 0.465 e. The first kappa shape index (κ1) is 14.0. The fourth-order valence-electron chi connectivity index (χ4n) is 3.43. The van der Waals surface area contributed by atoms with E-state index in [-0.39, 0.29) is 11.3 Å². The zero-order valence-corrected chi connectivity index (χ0v) is 13.2. The van der Waals surface area contributed by atoms with Crippen LogP contribution in [0.4, 0.5) is 10.6 Å². The Labute approximate surface area is 135 Å². The van der Waals surface area contributed by atoms with Crippen molar-refractivity contribution in [3.8, 4) is 0 Å². The Morgan fingerprint density at radius 3 is 3.00 bits per heavy atom. The minimum Gasteiger partial charge on any atom is -0.465 e. The van der Waals surface area contributed by atoms with E-state index >= 15 is 0 Å². The average Bonchev–Trinajstić information content (AvgIpc) is 2.76. The maximum absolute atomic E-state index is 11.4. The third-order valence-electron chi connectivity index (χ3n) is 4.41. The molecule has 2 unspecified atom stereocenters. The SMILES string of the molecule is O=C(O)N1CC2CCC1CN(c1nc(Cl)nc3scnc13)C2. The number of anilines is 1. The maximum atomic E-state index is 11.4. The standard InChI is InChI=1S/C13H14ClN5O2S/c14-12-16-10(9-11(17-12)22-6-15-9)18-3-7-1-2-8(5-18)19(4-7)13(20)21/h6-8H,1-5H2,(H,20,21). The summed E-state index contributed by atoms with van der Waals surface area (Å²) >= 11 is 7.46. The molecular formula is C13H14ClN5O2S. The number of hydrogen-bond acceptors (Lipinski definition) is 6. The molecule has 2 aromatic heterocycles. The molecule has 0 radical (unpaired) electrons. The number of carbonyl (C=O) groups is 1. The van der Waals surface area contributed by atoms with Crippen LogP contribution in [-0.2, 0) is 0 Å². The molecular weight excluding hydrogens is 326 g/mol. The highest BCUT2D eigenvalue weighted by Crippen LogP contribution is 2.33. The summed E-state index contributed by atoms with van der Waals surface area (Å²) in [5, 5.41) is 9.58. The Morgan fingerprint density at radius 2 is 2.18 bits per heavy atom. The Morgan fingerprint density at radius 1 is 1.32 bits per heavy atom. The summed E-state index contributed by atoms with van der Waals surface area (Å²) in [5.41, 5.74) is 2.48. The van der Waals surface area contributed by atoms with E-state index < -0.39 is 6.09 Å². The van der Waals surface area contributed by atoms with Crippen molar-refractivity contribution in [2.24, 2.45) is 5.92 Å². The van der Waals surface area contributed by atoms with E-state index in [0.29, 0.717) is 19.0 Å². The van der Waals surface area contributed by atoms with Gasteiger partial charge in [-0.1, -0.05) is 0 Å². The molecule has 22 heavy (non-hydrogen) atoms. The van der Waals surface area contributed by atoms with Crippen LogP contribution in [0.1, 0.15) is 12.8 Å². The van der Waals surface area contributed by atoms with Crippen molar-refractivity contribution in [2.45, 2.75) is 18.9 Å². The van der Waals surface area contributed by atoms with Crippen LogP contribution in [0.3, 0.4) is 0 Å². The lowest BCUT2D eigenvalue weighted by atomic mass is 9.95. The first-order valence-corrected chi connectivity index (χ1v) is 8.39. The number of amides is 1. The molecule has 7 nitrogen and oxygen atoms in total. The van der Waals surface area contributed by atoms with E-state index in [4.69, 9.17) is 11.6 Å². The molecule has 1 amide bonds. The van der Waals surface area contributed by atoms with E-state index in [1.165, 1.54) is 11.3 Å². The summed E-state index contributed by atoms with van der Waals surface area (Å²) in [4.78, 5) is 28.8. The van der Waals surface area contributed by atoms with Gasteiger partial charge in [0.2, 0.25) is 5.28 Å². The molecule has 0 aliphatic carbocycles. The Hall–Kier alpha value is -1.67. The van der Waals surface area contributed by atoms with Crippen molar-refractivity contribution in [3.05, 3.63) is 10.8 Å². The molecule has 2 bridgehead atoms. The second-order valence-electron chi connectivity index (χ2n) is 5.76. The molecule has 0 saturated carbocycles. The van der Waals surface area contributed by atoms with Crippen LogP contribution < -0.4 is 4.90 Å². The van der Waals surface area contributed by atoms with Crippen LogP contribution in [-0.4, -0.2) is 56.7 Å². The molecule has 2 aromatic rings. The van der Waals surface area contributed by atoms with Crippen molar-refractivity contribution < 1.29 is 9.90 Å². The van der Waals surface area contributed by atoms with Crippen LogP contribution in [0, 0.1) is 5.92 Å². The van der Waals surface area contributed by atoms with Crippen molar-refractivity contribution >= 4 is 45.2 Å². The van der Waals surface area contributed by atoms with Crippen LogP contribution >= 0.6 is 22.9 Å². The molecule has 9 heteroatoms. The van der Waals surface area contributed by atoms with Crippen molar-refractivity contribution in [2.75, 3.05) is 24.5 Å². The van der Waals surface area contributed by atoms with E-state index in [9.17, 15) is 9.90 Å². The summed E-state index contributed by atoms with van der Waals surface area (Å²) < 4.78 is 0. The number of rotatable bonds is 1. The molecule has 3 fully saturated rings. The molecule has 0 spiro atoms. The van der Waals surface area contributed by atoms with Crippen molar-refractivity contribution in [3.63, 3.8) is 0 Å². The minimum atomic E-state index is -0.837. The van der Waals surface area contributed by atoms with E-state index in [1.807, 2.05) is 0 Å². The van der Waals surface area contributed by atoms with Gasteiger partial charge in [-0.15, -0.1) is 11.3 Å². The van der Waals surface area contributed by atoms with Gasteiger partial charge >= 0.3 is 6.09 Å². The average molecular weight is 340 g/mol. The van der Waals surface area contributed by atoms with Crippen molar-refractivity contribution in [1.82, 2.24) is 19.9 Å². The summed E-state index contributed by atoms with van der Waals surface area (Å²) in [7, 11) is 0. The number of fused-ring (bicyclic) bond motifs is 5. The molecule has 116 valence electrons. The Kier molecular flexibility index (Phi) is 3.30. The maximum Gasteiger partial charge on any atom is 0.407 e. The zero-order chi connectivity index (χ0) is 15.3. The van der Waals surface area contributed by atoms with E-state index in [2.05, 4.69) is 19.9 Å². The Bertz CT molecular complexity index is 738. The van der Waals surface area contributed by atoms with Gasteiger partial charge in [0.1, 0.15) is 5.52 Å². The predicted octanol–water partition coefficient (Wildman–Crippen LogP) is 2.32. The molecule has 5 rings (SSSR count). The summed E-state index contributed by atoms with van der Waals surface area (Å²) in [5.74, 6) is 1.04. The second kappa shape index (κ2) is 5.20. The fraction of sp³-hybridized carbons (Fsp3) is 0.538. The molecule has 3 aliphatic heterocycles. The number of piperidine rings is 1. The molecule has 5 heterocycles. The fourth-order valence-corrected chi connectivity index (χ4v) is 4.30. The number of thiazole rings is 1. The van der Waals surface area contributed by atoms with Gasteiger partial charge in [-0.3, -0.25) is 0 Å². The number of nitrogens with zero attached hydrogens (tertiary/aromatic N) is 5. The number of halogens is 1. The molecule has 0 aromatic carbocycles. The molecule has 2 atom stereocenters. The van der Waals surface area contributed by atoms with Crippen LogP contribution in [0.5, 0.6) is 0 Å². The monoisotopic (exact) mass is 339 g/mol. The van der Waals surface area contributed by atoms with Crippen LogP contribution in [0.25, 0.3) is 10.3 Å². The summed E-state index contributed by atoms with van der Waals surface area (Å²) in [6.07, 6.45) is 1.10. The van der Waals surface area contributed by atoms with Crippen LogP contribution in [0.15, 0.2) is 5.51 Å². The normalized spacial score (nSPS) is 24.8. The molecule has 3 saturated heterocycles. The lowest BCUT2D eigenvalue weighted by molar-refractivity contribution is 0.101. The molecule has 3 aliphatic rings.